The van der Waals surface area contributed by atoms with E-state index in [-0.39, 0.29) is 11.9 Å². The fourth-order valence-corrected chi connectivity index (χ4v) is 3.50. The van der Waals surface area contributed by atoms with Crippen LogP contribution in [0.4, 0.5) is 4.39 Å². The molecule has 1 aliphatic rings. The van der Waals surface area contributed by atoms with Gasteiger partial charge in [0, 0.05) is 25.8 Å². The van der Waals surface area contributed by atoms with Gasteiger partial charge in [0.2, 0.25) is 0 Å². The Labute approximate surface area is 148 Å². The van der Waals surface area contributed by atoms with E-state index in [0.717, 1.165) is 37.2 Å². The smallest absolute Gasteiger partial charge is 0.123 e. The highest BCUT2D eigenvalue weighted by molar-refractivity contribution is 5.29. The van der Waals surface area contributed by atoms with E-state index >= 15 is 0 Å². The molecule has 2 N–H and O–H groups in total. The Morgan fingerprint density at radius 3 is 2.72 bits per heavy atom. The van der Waals surface area contributed by atoms with E-state index in [2.05, 4.69) is 17.4 Å². The summed E-state index contributed by atoms with van der Waals surface area (Å²) in [6.07, 6.45) is 1.41. The maximum absolute atomic E-state index is 13.3. The first-order chi connectivity index (χ1) is 12.1. The van der Waals surface area contributed by atoms with Crippen LogP contribution in [0.15, 0.2) is 48.5 Å². The molecule has 0 amide bonds. The van der Waals surface area contributed by atoms with Crippen molar-refractivity contribution in [1.82, 2.24) is 5.32 Å². The van der Waals surface area contributed by atoms with E-state index in [1.165, 1.54) is 17.7 Å². The molecule has 3 atom stereocenters. The van der Waals surface area contributed by atoms with Crippen LogP contribution in [0, 0.1) is 18.7 Å². The van der Waals surface area contributed by atoms with Gasteiger partial charge in [0.1, 0.15) is 5.82 Å². The first-order valence-corrected chi connectivity index (χ1v) is 8.93. The van der Waals surface area contributed by atoms with Gasteiger partial charge in [-0.15, -0.1) is 0 Å². The predicted octanol–water partition coefficient (Wildman–Crippen LogP) is 3.93. The molecule has 3 rings (SSSR count). The van der Waals surface area contributed by atoms with Gasteiger partial charge in [-0.1, -0.05) is 36.4 Å². The van der Waals surface area contributed by atoms with Crippen molar-refractivity contribution >= 4 is 0 Å². The monoisotopic (exact) mass is 343 g/mol. The summed E-state index contributed by atoms with van der Waals surface area (Å²) in [6.45, 7) is 3.90. The molecule has 2 aromatic carbocycles. The highest BCUT2D eigenvalue weighted by Crippen LogP contribution is 2.27. The summed E-state index contributed by atoms with van der Waals surface area (Å²) in [5.74, 6) is 0.271. The van der Waals surface area contributed by atoms with Crippen LogP contribution in [0.5, 0.6) is 0 Å². The molecule has 3 unspecified atom stereocenters. The lowest BCUT2D eigenvalue weighted by Crippen LogP contribution is -2.28. The topological polar surface area (TPSA) is 41.5 Å². The summed E-state index contributed by atoms with van der Waals surface area (Å²) in [6, 6.07) is 15.0. The van der Waals surface area contributed by atoms with E-state index < -0.39 is 6.10 Å². The fraction of sp³-hybridized carbons (Fsp3) is 0.429. The summed E-state index contributed by atoms with van der Waals surface area (Å²) >= 11 is 0. The largest absolute Gasteiger partial charge is 0.387 e. The van der Waals surface area contributed by atoms with Crippen molar-refractivity contribution in [2.45, 2.75) is 31.9 Å². The van der Waals surface area contributed by atoms with E-state index in [0.29, 0.717) is 12.5 Å². The Morgan fingerprint density at radius 1 is 1.24 bits per heavy atom. The minimum atomic E-state index is -0.661. The van der Waals surface area contributed by atoms with Gasteiger partial charge in [-0.3, -0.25) is 0 Å². The normalized spacial score (nSPS) is 19.7. The third kappa shape index (κ3) is 4.88. The Morgan fingerprint density at radius 2 is 2.04 bits per heavy atom. The van der Waals surface area contributed by atoms with Crippen molar-refractivity contribution in [1.29, 1.82) is 0 Å². The van der Waals surface area contributed by atoms with Crippen molar-refractivity contribution in [3.05, 3.63) is 71.0 Å². The van der Waals surface area contributed by atoms with Gasteiger partial charge in [-0.2, -0.15) is 0 Å². The van der Waals surface area contributed by atoms with Crippen molar-refractivity contribution in [2.24, 2.45) is 5.92 Å². The van der Waals surface area contributed by atoms with Gasteiger partial charge in [-0.25, -0.2) is 4.39 Å². The maximum atomic E-state index is 13.3. The SMILES string of the molecule is Cc1cc(F)ccc1C(O)CNC(CC1CCOC1)c1ccccc1. The van der Waals surface area contributed by atoms with E-state index in [9.17, 15) is 9.50 Å². The molecule has 25 heavy (non-hydrogen) atoms. The Hall–Kier alpha value is -1.75. The summed E-state index contributed by atoms with van der Waals surface area (Å²) in [4.78, 5) is 0. The van der Waals surface area contributed by atoms with Crippen LogP contribution in [0.2, 0.25) is 0 Å². The zero-order chi connectivity index (χ0) is 17.6. The molecule has 1 aliphatic heterocycles. The van der Waals surface area contributed by atoms with E-state index in [1.54, 1.807) is 6.07 Å². The number of hydrogen-bond acceptors (Lipinski definition) is 3. The molecule has 1 heterocycles. The number of nitrogens with one attached hydrogen (secondary N) is 1. The second-order valence-corrected chi connectivity index (χ2v) is 6.85. The first kappa shape index (κ1) is 18.1. The van der Waals surface area contributed by atoms with Crippen molar-refractivity contribution in [3.8, 4) is 0 Å². The molecular weight excluding hydrogens is 317 g/mol. The highest BCUT2D eigenvalue weighted by Gasteiger charge is 2.22. The van der Waals surface area contributed by atoms with Gasteiger partial charge in [-0.05, 0) is 54.5 Å². The van der Waals surface area contributed by atoms with Crippen LogP contribution >= 0.6 is 0 Å². The molecule has 134 valence electrons. The van der Waals surface area contributed by atoms with Gasteiger partial charge < -0.3 is 15.2 Å². The highest BCUT2D eigenvalue weighted by atomic mass is 19.1. The van der Waals surface area contributed by atoms with Gasteiger partial charge in [0.25, 0.3) is 0 Å². The summed E-state index contributed by atoms with van der Waals surface area (Å²) < 4.78 is 18.8. The molecule has 1 fully saturated rings. The van der Waals surface area contributed by atoms with Crippen LogP contribution in [0.1, 0.15) is 41.7 Å². The van der Waals surface area contributed by atoms with Crippen LogP contribution in [0.3, 0.4) is 0 Å². The molecule has 0 bridgehead atoms. The second kappa shape index (κ2) is 8.56. The Balaban J connectivity index is 1.67. The van der Waals surface area contributed by atoms with Crippen LogP contribution in [-0.4, -0.2) is 24.9 Å². The van der Waals surface area contributed by atoms with E-state index in [1.807, 2.05) is 25.1 Å². The first-order valence-electron chi connectivity index (χ1n) is 8.93. The molecule has 0 spiro atoms. The Kier molecular flexibility index (Phi) is 6.19. The lowest BCUT2D eigenvalue weighted by molar-refractivity contribution is 0.162. The number of ether oxygens (including phenoxy) is 1. The van der Waals surface area contributed by atoms with Gasteiger partial charge in [0.05, 0.1) is 6.10 Å². The number of benzene rings is 2. The molecule has 0 radical (unpaired) electrons. The van der Waals surface area contributed by atoms with E-state index in [4.69, 9.17) is 4.74 Å². The average Bonchev–Trinajstić information content (AvgIpc) is 3.12. The number of aliphatic hydroxyl groups is 1. The molecule has 2 aromatic rings. The van der Waals surface area contributed by atoms with Crippen molar-refractivity contribution in [3.63, 3.8) is 0 Å². The lowest BCUT2D eigenvalue weighted by Gasteiger charge is -2.24. The number of hydrogen-bond donors (Lipinski definition) is 2. The number of halogens is 1. The summed E-state index contributed by atoms with van der Waals surface area (Å²) in [5.41, 5.74) is 2.76. The molecule has 3 nitrogen and oxygen atoms in total. The molecule has 0 aliphatic carbocycles. The van der Waals surface area contributed by atoms with Crippen LogP contribution in [0.25, 0.3) is 0 Å². The summed E-state index contributed by atoms with van der Waals surface area (Å²) in [7, 11) is 0. The fourth-order valence-electron chi connectivity index (χ4n) is 3.50. The van der Waals surface area contributed by atoms with Gasteiger partial charge >= 0.3 is 0 Å². The standard InChI is InChI=1S/C21H26FNO2/c1-15-11-18(22)7-8-19(15)21(24)13-23-20(12-16-9-10-25-14-16)17-5-3-2-4-6-17/h2-8,11,16,20-21,23-24H,9-10,12-14H2,1H3. The molecule has 0 aromatic heterocycles. The van der Waals surface area contributed by atoms with Crippen molar-refractivity contribution < 1.29 is 14.2 Å². The Bertz CT molecular complexity index is 671. The third-order valence-corrected chi connectivity index (χ3v) is 4.94. The minimum Gasteiger partial charge on any atom is -0.387 e. The quantitative estimate of drug-likeness (QED) is 0.800. The lowest BCUT2D eigenvalue weighted by atomic mass is 9.93. The molecular formula is C21H26FNO2. The number of aliphatic hydroxyl groups excluding tert-OH is 1. The minimum absolute atomic E-state index is 0.170. The van der Waals surface area contributed by atoms with Gasteiger partial charge in [0.15, 0.2) is 0 Å². The van der Waals surface area contributed by atoms with Crippen LogP contribution in [-0.2, 0) is 4.74 Å². The van der Waals surface area contributed by atoms with Crippen LogP contribution < -0.4 is 5.32 Å². The average molecular weight is 343 g/mol. The molecule has 0 saturated carbocycles. The predicted molar refractivity (Wildman–Crippen MR) is 96.8 cm³/mol. The summed E-state index contributed by atoms with van der Waals surface area (Å²) in [5, 5.41) is 14.0. The zero-order valence-electron chi connectivity index (χ0n) is 14.6. The second-order valence-electron chi connectivity index (χ2n) is 6.85. The molecule has 4 heteroatoms. The number of rotatable bonds is 7. The third-order valence-electron chi connectivity index (χ3n) is 4.94. The number of aryl methyl sites for hydroxylation is 1. The molecule has 1 saturated heterocycles. The maximum Gasteiger partial charge on any atom is 0.123 e. The van der Waals surface area contributed by atoms with Crippen molar-refractivity contribution in [2.75, 3.05) is 19.8 Å². The zero-order valence-corrected chi connectivity index (χ0v) is 14.6.